The molecule has 9 nitrogen and oxygen atoms in total. The lowest BCUT2D eigenvalue weighted by atomic mass is 10.1. The van der Waals surface area contributed by atoms with Crippen LogP contribution < -0.4 is 15.5 Å². The molecule has 0 spiro atoms. The molecule has 222 valence electrons. The van der Waals surface area contributed by atoms with Crippen LogP contribution >= 0.6 is 11.6 Å². The van der Waals surface area contributed by atoms with E-state index in [0.29, 0.717) is 16.3 Å². The molecule has 4 aromatic carbocycles. The third-order valence-corrected chi connectivity index (χ3v) is 8.36. The minimum absolute atomic E-state index is 0.00636. The van der Waals surface area contributed by atoms with E-state index in [0.717, 1.165) is 15.4 Å². The summed E-state index contributed by atoms with van der Waals surface area (Å²) in [6.45, 7) is 1.31. The Labute approximate surface area is 256 Å². The summed E-state index contributed by atoms with van der Waals surface area (Å²) in [5.74, 6) is -0.364. The number of hydrogen-bond donors (Lipinski definition) is 2. The smallest absolute Gasteiger partial charge is 0.258 e. The molecule has 4 rings (SSSR count). The first-order chi connectivity index (χ1) is 20.7. The second-order valence-corrected chi connectivity index (χ2v) is 11.9. The maximum absolute atomic E-state index is 13.4. The van der Waals surface area contributed by atoms with Gasteiger partial charge in [0, 0.05) is 11.6 Å². The zero-order valence-electron chi connectivity index (χ0n) is 23.4. The summed E-state index contributed by atoms with van der Waals surface area (Å²) in [6.07, 6.45) is 1.42. The van der Waals surface area contributed by atoms with E-state index >= 15 is 0 Å². The van der Waals surface area contributed by atoms with Gasteiger partial charge in [0.25, 0.3) is 11.8 Å². The Morgan fingerprint density at radius 2 is 1.51 bits per heavy atom. The summed E-state index contributed by atoms with van der Waals surface area (Å²) in [5, 5.41) is 7.26. The van der Waals surface area contributed by atoms with E-state index < -0.39 is 22.5 Å². The van der Waals surface area contributed by atoms with Gasteiger partial charge in [-0.2, -0.15) is 9.41 Å². The number of ether oxygens (including phenoxy) is 1. The topological polar surface area (TPSA) is 117 Å². The van der Waals surface area contributed by atoms with E-state index in [-0.39, 0.29) is 30.0 Å². The summed E-state index contributed by atoms with van der Waals surface area (Å²) in [5.41, 5.74) is 4.77. The second-order valence-electron chi connectivity index (χ2n) is 9.56. The van der Waals surface area contributed by atoms with Gasteiger partial charge in [0.1, 0.15) is 5.75 Å². The number of rotatable bonds is 13. The van der Waals surface area contributed by atoms with Gasteiger partial charge in [-0.05, 0) is 72.1 Å². The molecule has 0 unspecified atom stereocenters. The molecular weight excluding hydrogens is 588 g/mol. The van der Waals surface area contributed by atoms with Crippen molar-refractivity contribution in [1.29, 1.82) is 0 Å². The highest BCUT2D eigenvalue weighted by atomic mass is 35.5. The standard InChI is InChI=1S/C32H31ClN4O5S/c1-24(27-10-6-3-7-11-27)35-32(39)23-42-29-16-12-25(13-17-29)20-34-36-31(38)22-37(21-26-8-4-2-5-9-26)43(40,41)30-18-14-28(33)15-19-30/h2-20,24H,21-23H2,1H3,(H,35,39)(H,36,38)/b34-20-/t24-/m0/s1. The summed E-state index contributed by atoms with van der Waals surface area (Å²) in [7, 11) is -4.01. The van der Waals surface area contributed by atoms with Crippen molar-refractivity contribution in [3.8, 4) is 5.75 Å². The van der Waals surface area contributed by atoms with Gasteiger partial charge in [-0.3, -0.25) is 9.59 Å². The quantitative estimate of drug-likeness (QED) is 0.163. The fourth-order valence-corrected chi connectivity index (χ4v) is 5.56. The fourth-order valence-electron chi connectivity index (χ4n) is 4.05. The molecule has 0 aliphatic heterocycles. The Balaban J connectivity index is 1.30. The van der Waals surface area contributed by atoms with E-state index in [1.54, 1.807) is 48.5 Å². The molecule has 0 heterocycles. The van der Waals surface area contributed by atoms with Gasteiger partial charge in [-0.15, -0.1) is 0 Å². The molecular formula is C32H31ClN4O5S. The molecule has 43 heavy (non-hydrogen) atoms. The first-order valence-corrected chi connectivity index (χ1v) is 15.2. The lowest BCUT2D eigenvalue weighted by Gasteiger charge is -2.21. The number of carbonyl (C=O) groups is 2. The Kier molecular flexibility index (Phi) is 11.0. The molecule has 0 aromatic heterocycles. The molecule has 0 aliphatic carbocycles. The molecule has 1 atom stereocenters. The SMILES string of the molecule is C[C@H](NC(=O)COc1ccc(/C=N\NC(=O)CN(Cc2ccccc2)S(=O)(=O)c2ccc(Cl)cc2)cc1)c1ccccc1. The van der Waals surface area contributed by atoms with Crippen molar-refractivity contribution in [2.24, 2.45) is 5.10 Å². The van der Waals surface area contributed by atoms with Crippen molar-refractivity contribution >= 4 is 39.7 Å². The summed E-state index contributed by atoms with van der Waals surface area (Å²) in [6, 6.07) is 31.0. The number of nitrogens with zero attached hydrogens (tertiary/aromatic N) is 2. The summed E-state index contributed by atoms with van der Waals surface area (Å²) in [4.78, 5) is 25.0. The maximum atomic E-state index is 13.4. The molecule has 0 radical (unpaired) electrons. The van der Waals surface area contributed by atoms with Crippen LogP contribution in [0, 0.1) is 0 Å². The minimum Gasteiger partial charge on any atom is -0.484 e. The van der Waals surface area contributed by atoms with Gasteiger partial charge in [-0.25, -0.2) is 13.8 Å². The van der Waals surface area contributed by atoms with Gasteiger partial charge < -0.3 is 10.1 Å². The molecule has 0 saturated heterocycles. The lowest BCUT2D eigenvalue weighted by Crippen LogP contribution is -2.39. The number of amides is 2. The van der Waals surface area contributed by atoms with Crippen molar-refractivity contribution in [2.75, 3.05) is 13.2 Å². The highest BCUT2D eigenvalue weighted by molar-refractivity contribution is 7.89. The Morgan fingerprint density at radius 1 is 0.884 bits per heavy atom. The average molecular weight is 619 g/mol. The van der Waals surface area contributed by atoms with E-state index in [1.807, 2.05) is 43.3 Å². The number of nitrogens with one attached hydrogen (secondary N) is 2. The van der Waals surface area contributed by atoms with Crippen LogP contribution in [0.3, 0.4) is 0 Å². The van der Waals surface area contributed by atoms with Crippen LogP contribution in [-0.4, -0.2) is 43.9 Å². The summed E-state index contributed by atoms with van der Waals surface area (Å²) >= 11 is 5.92. The van der Waals surface area contributed by atoms with Crippen LogP contribution in [-0.2, 0) is 26.2 Å². The van der Waals surface area contributed by atoms with Gasteiger partial charge >= 0.3 is 0 Å². The number of hydrogen-bond acceptors (Lipinski definition) is 6. The van der Waals surface area contributed by atoms with Crippen LogP contribution in [0.5, 0.6) is 5.75 Å². The predicted octanol–water partition coefficient (Wildman–Crippen LogP) is 4.94. The molecule has 0 fully saturated rings. The lowest BCUT2D eigenvalue weighted by molar-refractivity contribution is -0.124. The highest BCUT2D eigenvalue weighted by Gasteiger charge is 2.27. The largest absolute Gasteiger partial charge is 0.484 e. The molecule has 2 amide bonds. The Bertz CT molecular complexity index is 1630. The van der Waals surface area contributed by atoms with Crippen LogP contribution in [0.15, 0.2) is 119 Å². The first-order valence-electron chi connectivity index (χ1n) is 13.4. The van der Waals surface area contributed by atoms with Crippen molar-refractivity contribution in [2.45, 2.75) is 24.4 Å². The third-order valence-electron chi connectivity index (χ3n) is 6.30. The predicted molar refractivity (Wildman–Crippen MR) is 166 cm³/mol. The number of hydrazone groups is 1. The van der Waals surface area contributed by atoms with Crippen molar-refractivity contribution < 1.29 is 22.7 Å². The highest BCUT2D eigenvalue weighted by Crippen LogP contribution is 2.20. The number of halogens is 1. The number of carbonyl (C=O) groups excluding carboxylic acids is 2. The van der Waals surface area contributed by atoms with Crippen LogP contribution in [0.4, 0.5) is 0 Å². The second kappa shape index (κ2) is 15.1. The molecule has 11 heteroatoms. The van der Waals surface area contributed by atoms with Gasteiger partial charge in [0.05, 0.1) is 23.7 Å². The van der Waals surface area contributed by atoms with E-state index in [9.17, 15) is 18.0 Å². The monoisotopic (exact) mass is 618 g/mol. The van der Waals surface area contributed by atoms with E-state index in [2.05, 4.69) is 15.8 Å². The van der Waals surface area contributed by atoms with E-state index in [4.69, 9.17) is 16.3 Å². The number of benzene rings is 4. The molecule has 0 aliphatic rings. The molecule has 0 bridgehead atoms. The molecule has 2 N–H and O–H groups in total. The minimum atomic E-state index is -4.01. The Morgan fingerprint density at radius 3 is 2.16 bits per heavy atom. The van der Waals surface area contributed by atoms with Crippen molar-refractivity contribution in [3.05, 3.63) is 131 Å². The van der Waals surface area contributed by atoms with Crippen LogP contribution in [0.2, 0.25) is 5.02 Å². The third kappa shape index (κ3) is 9.50. The molecule has 0 saturated carbocycles. The first kappa shape index (κ1) is 31.4. The van der Waals surface area contributed by atoms with Crippen LogP contribution in [0.25, 0.3) is 0 Å². The van der Waals surface area contributed by atoms with Crippen molar-refractivity contribution in [3.63, 3.8) is 0 Å². The van der Waals surface area contributed by atoms with Crippen LogP contribution in [0.1, 0.15) is 29.7 Å². The Hall–Kier alpha value is -4.51. The zero-order valence-corrected chi connectivity index (χ0v) is 25.0. The van der Waals surface area contributed by atoms with Gasteiger partial charge in [0.15, 0.2) is 6.61 Å². The van der Waals surface area contributed by atoms with Crippen molar-refractivity contribution in [1.82, 2.24) is 15.0 Å². The van der Waals surface area contributed by atoms with Gasteiger partial charge in [-0.1, -0.05) is 72.3 Å². The van der Waals surface area contributed by atoms with E-state index in [1.165, 1.54) is 30.5 Å². The maximum Gasteiger partial charge on any atom is 0.258 e. The molecule has 4 aromatic rings. The fraction of sp³-hybridized carbons (Fsp3) is 0.156. The summed E-state index contributed by atoms with van der Waals surface area (Å²) < 4.78 is 33.4. The van der Waals surface area contributed by atoms with Gasteiger partial charge in [0.2, 0.25) is 10.0 Å². The zero-order chi connectivity index (χ0) is 30.7. The average Bonchev–Trinajstić information content (AvgIpc) is 3.01. The number of sulfonamides is 1. The normalized spacial score (nSPS) is 12.2.